The Kier molecular flexibility index (Phi) is 5.58. The van der Waals surface area contributed by atoms with Crippen LogP contribution in [0, 0.1) is 0 Å². The highest BCUT2D eigenvalue weighted by molar-refractivity contribution is 5.88. The predicted octanol–water partition coefficient (Wildman–Crippen LogP) is 3.01. The molecule has 2 aromatic rings. The number of nitrogen functional groups attached to an aromatic ring is 1. The number of aromatic nitrogens is 1. The van der Waals surface area contributed by atoms with Crippen LogP contribution in [0.15, 0.2) is 42.6 Å². The average molecular weight is 355 g/mol. The van der Waals surface area contributed by atoms with Crippen molar-refractivity contribution in [2.45, 2.75) is 18.9 Å². The van der Waals surface area contributed by atoms with Crippen molar-refractivity contribution in [3.05, 3.63) is 42.6 Å². The number of carbonyl (C=O) groups excluding carboxylic acids is 1. The molecular formula is C19H25N5O2. The number of ether oxygens (including phenoxy) is 1. The second-order valence-corrected chi connectivity index (χ2v) is 6.62. The van der Waals surface area contributed by atoms with Gasteiger partial charge < -0.3 is 20.3 Å². The first kappa shape index (κ1) is 18.0. The van der Waals surface area contributed by atoms with Crippen molar-refractivity contribution in [2.24, 2.45) is 0 Å². The first-order valence-corrected chi connectivity index (χ1v) is 8.73. The smallest absolute Gasteiger partial charge is 0.323 e. The highest BCUT2D eigenvalue weighted by atomic mass is 16.5. The summed E-state index contributed by atoms with van der Waals surface area (Å²) in [5.74, 6) is 1.73. The van der Waals surface area contributed by atoms with E-state index in [0.717, 1.165) is 25.9 Å². The van der Waals surface area contributed by atoms with Crippen molar-refractivity contribution in [3.8, 4) is 11.5 Å². The van der Waals surface area contributed by atoms with E-state index in [-0.39, 0.29) is 12.1 Å². The van der Waals surface area contributed by atoms with Gasteiger partial charge in [-0.25, -0.2) is 9.78 Å². The number of nitrogens with zero attached hydrogens (tertiary/aromatic N) is 3. The maximum absolute atomic E-state index is 12.5. The van der Waals surface area contributed by atoms with E-state index in [4.69, 9.17) is 10.5 Å². The molecule has 1 aliphatic rings. The lowest BCUT2D eigenvalue weighted by Crippen LogP contribution is -2.46. The summed E-state index contributed by atoms with van der Waals surface area (Å²) in [6.45, 7) is 2.01. The number of hydrogen-bond donors (Lipinski definition) is 2. The zero-order valence-electron chi connectivity index (χ0n) is 15.2. The van der Waals surface area contributed by atoms with E-state index in [1.807, 2.05) is 7.05 Å². The summed E-state index contributed by atoms with van der Waals surface area (Å²) in [7, 11) is 3.94. The normalized spacial score (nSPS) is 15.5. The van der Waals surface area contributed by atoms with E-state index in [1.165, 1.54) is 0 Å². The lowest BCUT2D eigenvalue weighted by molar-refractivity contribution is 0.156. The molecule has 138 valence electrons. The number of nitrogens with one attached hydrogen (secondary N) is 1. The van der Waals surface area contributed by atoms with Gasteiger partial charge in [0.2, 0.25) is 0 Å². The van der Waals surface area contributed by atoms with Gasteiger partial charge in [-0.15, -0.1) is 0 Å². The molecular weight excluding hydrogens is 330 g/mol. The fourth-order valence-electron chi connectivity index (χ4n) is 2.96. The van der Waals surface area contributed by atoms with Crippen molar-refractivity contribution in [3.63, 3.8) is 0 Å². The third-order valence-electron chi connectivity index (χ3n) is 4.64. The Hall–Kier alpha value is -2.80. The minimum atomic E-state index is -0.156. The van der Waals surface area contributed by atoms with E-state index in [9.17, 15) is 4.79 Å². The highest BCUT2D eigenvalue weighted by Gasteiger charge is 2.24. The highest BCUT2D eigenvalue weighted by Crippen LogP contribution is 2.24. The molecule has 3 rings (SSSR count). The van der Waals surface area contributed by atoms with Gasteiger partial charge in [-0.2, -0.15) is 0 Å². The molecule has 1 aromatic carbocycles. The average Bonchev–Trinajstić information content (AvgIpc) is 2.64. The van der Waals surface area contributed by atoms with Gasteiger partial charge in [-0.3, -0.25) is 5.32 Å². The topological polar surface area (TPSA) is 83.7 Å². The van der Waals surface area contributed by atoms with Gasteiger partial charge in [0.15, 0.2) is 0 Å². The predicted molar refractivity (Wildman–Crippen MR) is 102 cm³/mol. The molecule has 7 nitrogen and oxygen atoms in total. The number of piperidine rings is 1. The fraction of sp³-hybridized carbons (Fsp3) is 0.368. The van der Waals surface area contributed by atoms with Gasteiger partial charge in [0.05, 0.1) is 0 Å². The molecule has 7 heteroatoms. The van der Waals surface area contributed by atoms with Gasteiger partial charge in [0, 0.05) is 31.0 Å². The van der Waals surface area contributed by atoms with Gasteiger partial charge in [0.25, 0.3) is 0 Å². The number of nitrogens with two attached hydrogens (primary N) is 1. The zero-order valence-corrected chi connectivity index (χ0v) is 15.2. The third kappa shape index (κ3) is 4.64. The van der Waals surface area contributed by atoms with Crippen LogP contribution in [0.25, 0.3) is 0 Å². The molecule has 0 atom stereocenters. The van der Waals surface area contributed by atoms with Crippen molar-refractivity contribution in [2.75, 3.05) is 38.2 Å². The van der Waals surface area contributed by atoms with Crippen molar-refractivity contribution in [1.29, 1.82) is 0 Å². The SMILES string of the molecule is CN1CCC(N(C)C(=O)Nc2cc(Oc3ccc(N)cc3)ccn2)CC1. The Bertz CT molecular complexity index is 742. The number of likely N-dealkylation sites (tertiary alicyclic amines) is 1. The van der Waals surface area contributed by atoms with Crippen LogP contribution >= 0.6 is 0 Å². The molecule has 3 N–H and O–H groups in total. The number of benzene rings is 1. The van der Waals surface area contributed by atoms with E-state index < -0.39 is 0 Å². The van der Waals surface area contributed by atoms with E-state index in [1.54, 1.807) is 47.5 Å². The summed E-state index contributed by atoms with van der Waals surface area (Å²) in [5.41, 5.74) is 6.35. The summed E-state index contributed by atoms with van der Waals surface area (Å²) in [6.07, 6.45) is 3.57. The molecule has 0 saturated carbocycles. The van der Waals surface area contributed by atoms with Crippen LogP contribution in [0.4, 0.5) is 16.3 Å². The molecule has 1 aromatic heterocycles. The molecule has 0 radical (unpaired) electrons. The lowest BCUT2D eigenvalue weighted by Gasteiger charge is -2.34. The van der Waals surface area contributed by atoms with Gasteiger partial charge in [-0.05, 0) is 63.3 Å². The fourth-order valence-corrected chi connectivity index (χ4v) is 2.96. The minimum Gasteiger partial charge on any atom is -0.457 e. The molecule has 0 spiro atoms. The van der Waals surface area contributed by atoms with Crippen LogP contribution in [0.2, 0.25) is 0 Å². The van der Waals surface area contributed by atoms with Crippen LogP contribution in [-0.2, 0) is 0 Å². The first-order chi connectivity index (χ1) is 12.5. The molecule has 0 bridgehead atoms. The Labute approximate surface area is 153 Å². The Morgan fingerprint density at radius 2 is 1.92 bits per heavy atom. The summed E-state index contributed by atoms with van der Waals surface area (Å²) < 4.78 is 5.78. The summed E-state index contributed by atoms with van der Waals surface area (Å²) in [6, 6.07) is 10.7. The van der Waals surface area contributed by atoms with E-state index in [0.29, 0.717) is 23.0 Å². The zero-order chi connectivity index (χ0) is 18.5. The van der Waals surface area contributed by atoms with Crippen LogP contribution < -0.4 is 15.8 Å². The largest absolute Gasteiger partial charge is 0.457 e. The molecule has 2 heterocycles. The number of anilines is 2. The number of hydrogen-bond acceptors (Lipinski definition) is 5. The lowest BCUT2D eigenvalue weighted by atomic mass is 10.0. The monoisotopic (exact) mass is 355 g/mol. The molecule has 2 amide bonds. The van der Waals surface area contributed by atoms with E-state index in [2.05, 4.69) is 22.2 Å². The molecule has 0 unspecified atom stereocenters. The summed E-state index contributed by atoms with van der Waals surface area (Å²) in [5, 5.41) is 2.85. The van der Waals surface area contributed by atoms with Crippen molar-refractivity contribution in [1.82, 2.24) is 14.8 Å². The Morgan fingerprint density at radius 1 is 1.23 bits per heavy atom. The van der Waals surface area contributed by atoms with Gasteiger partial charge >= 0.3 is 6.03 Å². The van der Waals surface area contributed by atoms with Crippen LogP contribution in [0.5, 0.6) is 11.5 Å². The number of carbonyl (C=O) groups is 1. The standard InChI is InChI=1S/C19H25N5O2/c1-23-11-8-15(9-12-23)24(2)19(25)22-18-13-17(7-10-21-18)26-16-5-3-14(20)4-6-16/h3-7,10,13,15H,8-9,11-12,20H2,1-2H3,(H,21,22,25). The Morgan fingerprint density at radius 3 is 2.62 bits per heavy atom. The van der Waals surface area contributed by atoms with Crippen LogP contribution in [0.3, 0.4) is 0 Å². The van der Waals surface area contributed by atoms with Crippen LogP contribution in [0.1, 0.15) is 12.8 Å². The van der Waals surface area contributed by atoms with Crippen molar-refractivity contribution >= 4 is 17.5 Å². The first-order valence-electron chi connectivity index (χ1n) is 8.73. The van der Waals surface area contributed by atoms with Crippen LogP contribution in [-0.4, -0.2) is 54.0 Å². The van der Waals surface area contributed by atoms with E-state index >= 15 is 0 Å². The Balaban J connectivity index is 1.60. The second kappa shape index (κ2) is 8.05. The number of rotatable bonds is 4. The van der Waals surface area contributed by atoms with Gasteiger partial charge in [-0.1, -0.05) is 0 Å². The molecule has 1 saturated heterocycles. The summed E-state index contributed by atoms with van der Waals surface area (Å²) in [4.78, 5) is 20.8. The second-order valence-electron chi connectivity index (χ2n) is 6.62. The number of amides is 2. The third-order valence-corrected chi connectivity index (χ3v) is 4.64. The van der Waals surface area contributed by atoms with Gasteiger partial charge in [0.1, 0.15) is 17.3 Å². The number of pyridine rings is 1. The molecule has 0 aliphatic carbocycles. The molecule has 26 heavy (non-hydrogen) atoms. The summed E-state index contributed by atoms with van der Waals surface area (Å²) >= 11 is 0. The number of urea groups is 1. The molecule has 1 aliphatic heterocycles. The molecule has 1 fully saturated rings. The minimum absolute atomic E-state index is 0.156. The maximum atomic E-state index is 12.5. The quantitative estimate of drug-likeness (QED) is 0.824. The van der Waals surface area contributed by atoms with Crippen molar-refractivity contribution < 1.29 is 9.53 Å². The maximum Gasteiger partial charge on any atom is 0.323 e.